The van der Waals surface area contributed by atoms with Crippen LogP contribution in [0.25, 0.3) is 0 Å². The van der Waals surface area contributed by atoms with E-state index in [9.17, 15) is 0 Å². The standard InChI is InChI=1S/C14H24N2O/c1-3-16(11-12-17-2)10-4-5-13-6-8-14(15)9-7-13/h6-9H,3-5,10-12,15H2,1-2H3. The van der Waals surface area contributed by atoms with Crippen molar-refractivity contribution in [3.63, 3.8) is 0 Å². The molecule has 0 bridgehead atoms. The van der Waals surface area contributed by atoms with Gasteiger partial charge in [-0.2, -0.15) is 0 Å². The van der Waals surface area contributed by atoms with Gasteiger partial charge in [-0.3, -0.25) is 0 Å². The SMILES string of the molecule is CCN(CCCc1ccc(N)cc1)CCOC. The number of anilines is 1. The Morgan fingerprint density at radius 3 is 2.47 bits per heavy atom. The second kappa shape index (κ2) is 8.09. The van der Waals surface area contributed by atoms with Crippen molar-refractivity contribution in [2.24, 2.45) is 0 Å². The molecule has 0 atom stereocenters. The van der Waals surface area contributed by atoms with Crippen LogP contribution < -0.4 is 5.73 Å². The first kappa shape index (κ1) is 14.0. The molecule has 1 aromatic carbocycles. The molecule has 0 aromatic heterocycles. The van der Waals surface area contributed by atoms with E-state index in [1.54, 1.807) is 7.11 Å². The van der Waals surface area contributed by atoms with Crippen molar-refractivity contribution in [3.8, 4) is 0 Å². The third-order valence-electron chi connectivity index (χ3n) is 2.98. The monoisotopic (exact) mass is 236 g/mol. The molecule has 2 N–H and O–H groups in total. The number of aryl methyl sites for hydroxylation is 1. The number of ether oxygens (including phenoxy) is 1. The summed E-state index contributed by atoms with van der Waals surface area (Å²) < 4.78 is 5.10. The lowest BCUT2D eigenvalue weighted by molar-refractivity contribution is 0.150. The minimum Gasteiger partial charge on any atom is -0.399 e. The summed E-state index contributed by atoms with van der Waals surface area (Å²) in [5, 5.41) is 0. The number of hydrogen-bond donors (Lipinski definition) is 1. The van der Waals surface area contributed by atoms with Crippen LogP contribution in [-0.4, -0.2) is 38.3 Å². The zero-order valence-corrected chi connectivity index (χ0v) is 11.0. The van der Waals surface area contributed by atoms with Gasteiger partial charge in [0.15, 0.2) is 0 Å². The lowest BCUT2D eigenvalue weighted by Gasteiger charge is -2.19. The first-order valence-electron chi connectivity index (χ1n) is 6.32. The summed E-state index contributed by atoms with van der Waals surface area (Å²) in [6.07, 6.45) is 2.30. The Kier molecular flexibility index (Phi) is 6.67. The molecule has 0 aliphatic carbocycles. The molecule has 3 heteroatoms. The van der Waals surface area contributed by atoms with E-state index in [1.165, 1.54) is 12.0 Å². The summed E-state index contributed by atoms with van der Waals surface area (Å²) in [4.78, 5) is 2.42. The topological polar surface area (TPSA) is 38.5 Å². The van der Waals surface area contributed by atoms with Crippen molar-refractivity contribution in [1.29, 1.82) is 0 Å². The van der Waals surface area contributed by atoms with Crippen molar-refractivity contribution in [1.82, 2.24) is 4.90 Å². The molecule has 0 saturated heterocycles. The van der Waals surface area contributed by atoms with E-state index in [2.05, 4.69) is 24.0 Å². The molecule has 0 aliphatic rings. The largest absolute Gasteiger partial charge is 0.399 e. The first-order valence-corrected chi connectivity index (χ1v) is 6.32. The number of hydrogen-bond acceptors (Lipinski definition) is 3. The summed E-state index contributed by atoms with van der Waals surface area (Å²) in [6.45, 7) is 6.25. The van der Waals surface area contributed by atoms with Crippen LogP contribution in [0.5, 0.6) is 0 Å². The van der Waals surface area contributed by atoms with Gasteiger partial charge < -0.3 is 15.4 Å². The summed E-state index contributed by atoms with van der Waals surface area (Å²) >= 11 is 0. The molecule has 17 heavy (non-hydrogen) atoms. The van der Waals surface area contributed by atoms with Crippen molar-refractivity contribution in [3.05, 3.63) is 29.8 Å². The van der Waals surface area contributed by atoms with E-state index < -0.39 is 0 Å². The highest BCUT2D eigenvalue weighted by Crippen LogP contribution is 2.08. The predicted octanol–water partition coefficient (Wildman–Crippen LogP) is 2.17. The average Bonchev–Trinajstić information content (AvgIpc) is 2.36. The van der Waals surface area contributed by atoms with Gasteiger partial charge in [-0.1, -0.05) is 19.1 Å². The summed E-state index contributed by atoms with van der Waals surface area (Å²) in [7, 11) is 1.75. The Balaban J connectivity index is 2.23. The third kappa shape index (κ3) is 5.71. The molecule has 1 rings (SSSR count). The highest BCUT2D eigenvalue weighted by molar-refractivity contribution is 5.39. The van der Waals surface area contributed by atoms with E-state index in [0.29, 0.717) is 0 Å². The number of likely N-dealkylation sites (N-methyl/N-ethyl adjacent to an activating group) is 1. The number of nitrogens with two attached hydrogens (primary N) is 1. The van der Waals surface area contributed by atoms with Crippen LogP contribution in [0.2, 0.25) is 0 Å². The quantitative estimate of drug-likeness (QED) is 0.703. The minimum absolute atomic E-state index is 0.815. The number of benzene rings is 1. The lowest BCUT2D eigenvalue weighted by Crippen LogP contribution is -2.28. The molecule has 1 aromatic rings. The molecular weight excluding hydrogens is 212 g/mol. The van der Waals surface area contributed by atoms with E-state index in [0.717, 1.165) is 38.3 Å². The maximum Gasteiger partial charge on any atom is 0.0589 e. The Hall–Kier alpha value is -1.06. The van der Waals surface area contributed by atoms with E-state index in [4.69, 9.17) is 10.5 Å². The van der Waals surface area contributed by atoms with Gasteiger partial charge in [-0.15, -0.1) is 0 Å². The minimum atomic E-state index is 0.815. The molecule has 0 spiro atoms. The lowest BCUT2D eigenvalue weighted by atomic mass is 10.1. The molecule has 96 valence electrons. The zero-order chi connectivity index (χ0) is 12.5. The molecular formula is C14H24N2O. The van der Waals surface area contributed by atoms with Crippen molar-refractivity contribution < 1.29 is 4.74 Å². The fourth-order valence-electron chi connectivity index (χ4n) is 1.84. The smallest absolute Gasteiger partial charge is 0.0589 e. The van der Waals surface area contributed by atoms with Crippen LogP contribution in [0.15, 0.2) is 24.3 Å². The fraction of sp³-hybridized carbons (Fsp3) is 0.571. The zero-order valence-electron chi connectivity index (χ0n) is 11.0. The Morgan fingerprint density at radius 1 is 1.18 bits per heavy atom. The second-order valence-corrected chi connectivity index (χ2v) is 4.27. The maximum atomic E-state index is 5.66. The number of rotatable bonds is 8. The van der Waals surface area contributed by atoms with E-state index in [1.807, 2.05) is 12.1 Å². The molecule has 0 unspecified atom stereocenters. The second-order valence-electron chi connectivity index (χ2n) is 4.27. The Labute approximate surface area is 105 Å². The Morgan fingerprint density at radius 2 is 1.88 bits per heavy atom. The predicted molar refractivity (Wildman–Crippen MR) is 73.2 cm³/mol. The number of nitrogens with zero attached hydrogens (tertiary/aromatic N) is 1. The van der Waals surface area contributed by atoms with Gasteiger partial charge in [-0.05, 0) is 43.6 Å². The molecule has 3 nitrogen and oxygen atoms in total. The van der Waals surface area contributed by atoms with Gasteiger partial charge in [0.2, 0.25) is 0 Å². The number of methoxy groups -OCH3 is 1. The molecule has 0 aliphatic heterocycles. The summed E-state index contributed by atoms with van der Waals surface area (Å²) in [6, 6.07) is 8.16. The molecule has 0 amide bonds. The van der Waals surface area contributed by atoms with Crippen molar-refractivity contribution in [2.75, 3.05) is 39.1 Å². The summed E-state index contributed by atoms with van der Waals surface area (Å²) in [5.41, 5.74) is 7.86. The highest BCUT2D eigenvalue weighted by Gasteiger charge is 2.01. The highest BCUT2D eigenvalue weighted by atomic mass is 16.5. The van der Waals surface area contributed by atoms with Crippen LogP contribution >= 0.6 is 0 Å². The van der Waals surface area contributed by atoms with E-state index in [-0.39, 0.29) is 0 Å². The number of nitrogen functional groups attached to an aromatic ring is 1. The van der Waals surface area contributed by atoms with Gasteiger partial charge >= 0.3 is 0 Å². The fourth-order valence-corrected chi connectivity index (χ4v) is 1.84. The van der Waals surface area contributed by atoms with Gasteiger partial charge in [0.25, 0.3) is 0 Å². The normalized spacial score (nSPS) is 11.0. The van der Waals surface area contributed by atoms with Crippen molar-refractivity contribution >= 4 is 5.69 Å². The van der Waals surface area contributed by atoms with Crippen LogP contribution in [0.4, 0.5) is 5.69 Å². The molecule has 0 saturated carbocycles. The van der Waals surface area contributed by atoms with Crippen LogP contribution in [-0.2, 0) is 11.2 Å². The van der Waals surface area contributed by atoms with Gasteiger partial charge in [0.05, 0.1) is 6.61 Å². The van der Waals surface area contributed by atoms with Crippen molar-refractivity contribution in [2.45, 2.75) is 19.8 Å². The molecule has 0 fully saturated rings. The molecule has 0 radical (unpaired) electrons. The maximum absolute atomic E-state index is 5.66. The van der Waals surface area contributed by atoms with E-state index >= 15 is 0 Å². The van der Waals surface area contributed by atoms with Crippen LogP contribution in [0, 0.1) is 0 Å². The molecule has 0 heterocycles. The van der Waals surface area contributed by atoms with Gasteiger partial charge in [-0.25, -0.2) is 0 Å². The van der Waals surface area contributed by atoms with Crippen LogP contribution in [0.3, 0.4) is 0 Å². The van der Waals surface area contributed by atoms with Crippen LogP contribution in [0.1, 0.15) is 18.9 Å². The first-order chi connectivity index (χ1) is 8.26. The summed E-state index contributed by atoms with van der Waals surface area (Å²) in [5.74, 6) is 0. The Bertz CT molecular complexity index is 298. The van der Waals surface area contributed by atoms with Gasteiger partial charge in [0.1, 0.15) is 0 Å². The average molecular weight is 236 g/mol. The van der Waals surface area contributed by atoms with Gasteiger partial charge in [0, 0.05) is 19.3 Å². The third-order valence-corrected chi connectivity index (χ3v) is 2.98.